The molecular weight excluding hydrogens is 270 g/mol. The van der Waals surface area contributed by atoms with E-state index in [0.717, 1.165) is 50.7 Å². The minimum Gasteiger partial charge on any atom is -0.424 e. The minimum absolute atomic E-state index is 0.208. The lowest BCUT2D eigenvalue weighted by atomic mass is 9.85. The molecule has 1 aromatic heterocycles. The monoisotopic (exact) mass is 295 g/mol. The van der Waals surface area contributed by atoms with E-state index in [2.05, 4.69) is 15.1 Å². The standard InChI is InChI=1S/C15H25N3O3/c19-9-2-10-20-13-5-7-18(8-6-13)11-14-16-17-15(21-14)12-3-1-4-12/h12-13,19H,1-11H2. The molecule has 3 rings (SSSR count). The maximum Gasteiger partial charge on any atom is 0.230 e. The normalized spacial score (nSPS) is 21.6. The van der Waals surface area contributed by atoms with Crippen LogP contribution >= 0.6 is 0 Å². The summed E-state index contributed by atoms with van der Waals surface area (Å²) in [4.78, 5) is 2.35. The third-order valence-electron chi connectivity index (χ3n) is 4.49. The second kappa shape index (κ2) is 7.33. The topological polar surface area (TPSA) is 71.6 Å². The number of piperidine rings is 1. The highest BCUT2D eigenvalue weighted by Crippen LogP contribution is 2.35. The molecule has 21 heavy (non-hydrogen) atoms. The quantitative estimate of drug-likeness (QED) is 0.772. The summed E-state index contributed by atoms with van der Waals surface area (Å²) in [5, 5.41) is 17.1. The molecule has 0 aromatic carbocycles. The van der Waals surface area contributed by atoms with Crippen LogP contribution in [0.3, 0.4) is 0 Å². The van der Waals surface area contributed by atoms with Gasteiger partial charge in [-0.25, -0.2) is 0 Å². The van der Waals surface area contributed by atoms with Crippen molar-refractivity contribution in [2.75, 3.05) is 26.3 Å². The second-order valence-electron chi connectivity index (χ2n) is 6.09. The van der Waals surface area contributed by atoms with Gasteiger partial charge in [0.1, 0.15) is 0 Å². The molecule has 1 aromatic rings. The van der Waals surface area contributed by atoms with E-state index in [1.54, 1.807) is 0 Å². The van der Waals surface area contributed by atoms with Crippen LogP contribution in [0.4, 0.5) is 0 Å². The van der Waals surface area contributed by atoms with Crippen molar-refractivity contribution in [2.24, 2.45) is 0 Å². The van der Waals surface area contributed by atoms with E-state index in [1.165, 1.54) is 19.3 Å². The smallest absolute Gasteiger partial charge is 0.230 e. The average Bonchev–Trinajstić information content (AvgIpc) is 2.87. The Bertz CT molecular complexity index is 426. The van der Waals surface area contributed by atoms with E-state index in [-0.39, 0.29) is 6.61 Å². The Kier molecular flexibility index (Phi) is 5.22. The molecule has 118 valence electrons. The van der Waals surface area contributed by atoms with Crippen LogP contribution in [0, 0.1) is 0 Å². The van der Waals surface area contributed by atoms with Crippen LogP contribution in [-0.2, 0) is 11.3 Å². The predicted molar refractivity (Wildman–Crippen MR) is 76.8 cm³/mol. The Labute approximate surface area is 125 Å². The Morgan fingerprint density at radius 1 is 1.19 bits per heavy atom. The number of ether oxygens (including phenoxy) is 1. The summed E-state index contributed by atoms with van der Waals surface area (Å²) < 4.78 is 11.5. The fourth-order valence-corrected chi connectivity index (χ4v) is 2.89. The zero-order valence-electron chi connectivity index (χ0n) is 12.5. The van der Waals surface area contributed by atoms with Crippen molar-refractivity contribution in [3.05, 3.63) is 11.8 Å². The molecule has 6 nitrogen and oxygen atoms in total. The molecule has 0 unspecified atom stereocenters. The van der Waals surface area contributed by atoms with Gasteiger partial charge in [-0.2, -0.15) is 0 Å². The molecule has 2 aliphatic rings. The molecule has 0 amide bonds. The highest BCUT2D eigenvalue weighted by molar-refractivity contribution is 4.96. The fraction of sp³-hybridized carbons (Fsp3) is 0.867. The van der Waals surface area contributed by atoms with E-state index >= 15 is 0 Å². The highest BCUT2D eigenvalue weighted by Gasteiger charge is 2.26. The predicted octanol–water partition coefficient (Wildman–Crippen LogP) is 1.70. The molecule has 2 heterocycles. The highest BCUT2D eigenvalue weighted by atomic mass is 16.5. The number of hydrogen-bond acceptors (Lipinski definition) is 6. The van der Waals surface area contributed by atoms with Crippen molar-refractivity contribution in [1.29, 1.82) is 0 Å². The van der Waals surface area contributed by atoms with Gasteiger partial charge in [-0.3, -0.25) is 4.90 Å². The van der Waals surface area contributed by atoms with Crippen molar-refractivity contribution in [3.8, 4) is 0 Å². The fourth-order valence-electron chi connectivity index (χ4n) is 2.89. The van der Waals surface area contributed by atoms with Gasteiger partial charge < -0.3 is 14.3 Å². The van der Waals surface area contributed by atoms with Crippen molar-refractivity contribution in [1.82, 2.24) is 15.1 Å². The first kappa shape index (κ1) is 14.9. The molecule has 0 spiro atoms. The molecule has 1 N–H and O–H groups in total. The number of aliphatic hydroxyl groups excluding tert-OH is 1. The van der Waals surface area contributed by atoms with Crippen LogP contribution in [0.15, 0.2) is 4.42 Å². The van der Waals surface area contributed by atoms with Gasteiger partial charge >= 0.3 is 0 Å². The molecule has 1 saturated heterocycles. The molecule has 2 fully saturated rings. The summed E-state index contributed by atoms with van der Waals surface area (Å²) in [6.45, 7) is 3.63. The van der Waals surface area contributed by atoms with E-state index in [0.29, 0.717) is 18.6 Å². The van der Waals surface area contributed by atoms with Crippen molar-refractivity contribution >= 4 is 0 Å². The van der Waals surface area contributed by atoms with Crippen LogP contribution in [-0.4, -0.2) is 52.6 Å². The first-order valence-electron chi connectivity index (χ1n) is 8.12. The minimum atomic E-state index is 0.208. The lowest BCUT2D eigenvalue weighted by molar-refractivity contribution is -0.000687. The van der Waals surface area contributed by atoms with Gasteiger partial charge in [0.15, 0.2) is 0 Å². The first-order chi connectivity index (χ1) is 10.3. The summed E-state index contributed by atoms with van der Waals surface area (Å²) in [5.41, 5.74) is 0. The molecule has 1 aliphatic heterocycles. The average molecular weight is 295 g/mol. The largest absolute Gasteiger partial charge is 0.424 e. The third kappa shape index (κ3) is 4.02. The lowest BCUT2D eigenvalue weighted by Gasteiger charge is -2.30. The Balaban J connectivity index is 1.39. The van der Waals surface area contributed by atoms with Gasteiger partial charge in [-0.05, 0) is 32.1 Å². The first-order valence-corrected chi connectivity index (χ1v) is 8.12. The SMILES string of the molecule is OCCCOC1CCN(Cc2nnc(C3CCC3)o2)CC1. The van der Waals surface area contributed by atoms with E-state index < -0.39 is 0 Å². The van der Waals surface area contributed by atoms with E-state index in [4.69, 9.17) is 14.3 Å². The summed E-state index contributed by atoms with van der Waals surface area (Å²) in [7, 11) is 0. The van der Waals surface area contributed by atoms with Crippen molar-refractivity contribution < 1.29 is 14.3 Å². The molecule has 1 saturated carbocycles. The van der Waals surface area contributed by atoms with Gasteiger partial charge in [-0.15, -0.1) is 10.2 Å². The number of aliphatic hydroxyl groups is 1. The molecule has 0 bridgehead atoms. The maximum absolute atomic E-state index is 8.75. The van der Waals surface area contributed by atoms with Crippen LogP contribution in [0.5, 0.6) is 0 Å². The Morgan fingerprint density at radius 2 is 2.00 bits per heavy atom. The number of nitrogens with zero attached hydrogens (tertiary/aromatic N) is 3. The molecule has 6 heteroatoms. The van der Waals surface area contributed by atoms with Crippen LogP contribution in [0.2, 0.25) is 0 Å². The summed E-state index contributed by atoms with van der Waals surface area (Å²) in [6.07, 6.45) is 6.81. The summed E-state index contributed by atoms with van der Waals surface area (Å²) in [6, 6.07) is 0. The number of rotatable bonds is 7. The van der Waals surface area contributed by atoms with Gasteiger partial charge in [0.05, 0.1) is 12.6 Å². The molecule has 0 radical (unpaired) electrons. The number of hydrogen-bond donors (Lipinski definition) is 1. The van der Waals surface area contributed by atoms with Crippen LogP contribution in [0.1, 0.15) is 56.2 Å². The van der Waals surface area contributed by atoms with Crippen molar-refractivity contribution in [2.45, 2.75) is 57.1 Å². The maximum atomic E-state index is 8.75. The summed E-state index contributed by atoms with van der Waals surface area (Å²) >= 11 is 0. The summed E-state index contributed by atoms with van der Waals surface area (Å²) in [5.74, 6) is 2.09. The Morgan fingerprint density at radius 3 is 2.67 bits per heavy atom. The Hall–Kier alpha value is -0.980. The van der Waals surface area contributed by atoms with Crippen molar-refractivity contribution in [3.63, 3.8) is 0 Å². The lowest BCUT2D eigenvalue weighted by Crippen LogP contribution is -2.36. The van der Waals surface area contributed by atoms with Gasteiger partial charge in [0.2, 0.25) is 11.8 Å². The van der Waals surface area contributed by atoms with E-state index in [1.807, 2.05) is 0 Å². The zero-order chi connectivity index (χ0) is 14.5. The second-order valence-corrected chi connectivity index (χ2v) is 6.09. The van der Waals surface area contributed by atoms with Crippen LogP contribution < -0.4 is 0 Å². The number of likely N-dealkylation sites (tertiary alicyclic amines) is 1. The number of aromatic nitrogens is 2. The van der Waals surface area contributed by atoms with Crippen LogP contribution in [0.25, 0.3) is 0 Å². The van der Waals surface area contributed by atoms with Gasteiger partial charge in [-0.1, -0.05) is 6.42 Å². The molecule has 0 atom stereocenters. The zero-order valence-corrected chi connectivity index (χ0v) is 12.5. The molecular formula is C15H25N3O3. The van der Waals surface area contributed by atoms with Gasteiger partial charge in [0.25, 0.3) is 0 Å². The van der Waals surface area contributed by atoms with Gasteiger partial charge in [0, 0.05) is 32.2 Å². The van der Waals surface area contributed by atoms with E-state index in [9.17, 15) is 0 Å². The third-order valence-corrected chi connectivity index (χ3v) is 4.49. The molecule has 1 aliphatic carbocycles.